The molecule has 116 valence electrons. The van der Waals surface area contributed by atoms with E-state index in [2.05, 4.69) is 12.2 Å². The summed E-state index contributed by atoms with van der Waals surface area (Å²) >= 11 is 0. The number of fused-ring (bicyclic) bond motifs is 1. The van der Waals surface area contributed by atoms with E-state index >= 15 is 0 Å². The summed E-state index contributed by atoms with van der Waals surface area (Å²) in [6, 6.07) is 5.34. The molecule has 0 spiro atoms. The van der Waals surface area contributed by atoms with E-state index in [-0.39, 0.29) is 11.8 Å². The van der Waals surface area contributed by atoms with Gasteiger partial charge in [-0.05, 0) is 43.7 Å². The van der Waals surface area contributed by atoms with Crippen molar-refractivity contribution < 1.29 is 14.9 Å². The summed E-state index contributed by atoms with van der Waals surface area (Å²) in [5.74, 6) is 1.75. The second-order valence-corrected chi connectivity index (χ2v) is 6.54. The highest BCUT2D eigenvalue weighted by atomic mass is 16.5. The molecule has 1 aromatic carbocycles. The zero-order valence-corrected chi connectivity index (χ0v) is 12.6. The van der Waals surface area contributed by atoms with Gasteiger partial charge in [-0.1, -0.05) is 13.3 Å². The number of nitrogens with one attached hydrogen (secondary N) is 1. The lowest BCUT2D eigenvalue weighted by atomic mass is 9.77. The monoisotopic (exact) mass is 291 g/mol. The van der Waals surface area contributed by atoms with Crippen molar-refractivity contribution in [3.05, 3.63) is 23.8 Å². The number of phenolic OH excluding ortho intramolecular Hbond substituents is 1. The fourth-order valence-electron chi connectivity index (χ4n) is 3.48. The van der Waals surface area contributed by atoms with E-state index in [9.17, 15) is 10.2 Å². The molecule has 0 aromatic heterocycles. The van der Waals surface area contributed by atoms with Gasteiger partial charge in [-0.3, -0.25) is 0 Å². The van der Waals surface area contributed by atoms with E-state index in [4.69, 9.17) is 4.74 Å². The molecule has 1 atom stereocenters. The normalized spacial score (nSPS) is 31.7. The van der Waals surface area contributed by atoms with Crippen molar-refractivity contribution in [3.63, 3.8) is 0 Å². The lowest BCUT2D eigenvalue weighted by Gasteiger charge is -2.36. The van der Waals surface area contributed by atoms with Gasteiger partial charge in [0.25, 0.3) is 0 Å². The van der Waals surface area contributed by atoms with E-state index in [1.165, 1.54) is 6.42 Å². The molecule has 1 fully saturated rings. The van der Waals surface area contributed by atoms with Gasteiger partial charge in [-0.15, -0.1) is 0 Å². The first-order chi connectivity index (χ1) is 10.1. The van der Waals surface area contributed by atoms with Crippen LogP contribution in [0, 0.1) is 5.92 Å². The van der Waals surface area contributed by atoms with Crippen LogP contribution in [0.2, 0.25) is 0 Å². The van der Waals surface area contributed by atoms with Crippen LogP contribution in [-0.2, 0) is 0 Å². The third-order valence-electron chi connectivity index (χ3n) is 5.07. The SMILES string of the molecule is CCC1CCC(O)(CNC2COc3cc(O)ccc32)CC1. The van der Waals surface area contributed by atoms with Crippen LogP contribution in [0.3, 0.4) is 0 Å². The summed E-state index contributed by atoms with van der Waals surface area (Å²) in [7, 11) is 0. The molecular formula is C17H25NO3. The molecule has 1 heterocycles. The topological polar surface area (TPSA) is 61.7 Å². The highest BCUT2D eigenvalue weighted by molar-refractivity contribution is 5.44. The lowest BCUT2D eigenvalue weighted by molar-refractivity contribution is -0.0110. The zero-order chi connectivity index (χ0) is 14.9. The molecule has 1 aromatic rings. The molecule has 0 amide bonds. The Labute approximate surface area is 126 Å². The van der Waals surface area contributed by atoms with Crippen molar-refractivity contribution in [3.8, 4) is 11.5 Å². The molecule has 0 bridgehead atoms. The lowest BCUT2D eigenvalue weighted by Crippen LogP contribution is -2.44. The van der Waals surface area contributed by atoms with Crippen LogP contribution >= 0.6 is 0 Å². The summed E-state index contributed by atoms with van der Waals surface area (Å²) < 4.78 is 5.60. The van der Waals surface area contributed by atoms with Crippen molar-refractivity contribution in [1.29, 1.82) is 0 Å². The number of hydrogen-bond acceptors (Lipinski definition) is 4. The quantitative estimate of drug-likeness (QED) is 0.798. The second-order valence-electron chi connectivity index (χ2n) is 6.54. The molecule has 0 radical (unpaired) electrons. The third kappa shape index (κ3) is 3.16. The number of benzene rings is 1. The molecule has 1 aliphatic heterocycles. The van der Waals surface area contributed by atoms with Gasteiger partial charge < -0.3 is 20.3 Å². The van der Waals surface area contributed by atoms with Gasteiger partial charge in [-0.2, -0.15) is 0 Å². The van der Waals surface area contributed by atoms with Crippen molar-refractivity contribution in [2.75, 3.05) is 13.2 Å². The summed E-state index contributed by atoms with van der Waals surface area (Å²) in [5.41, 5.74) is 0.490. The number of aromatic hydroxyl groups is 1. The van der Waals surface area contributed by atoms with Crippen LogP contribution in [0.4, 0.5) is 0 Å². The predicted molar refractivity (Wildman–Crippen MR) is 81.5 cm³/mol. The van der Waals surface area contributed by atoms with Gasteiger partial charge in [0.1, 0.15) is 18.1 Å². The summed E-state index contributed by atoms with van der Waals surface area (Å²) in [4.78, 5) is 0. The standard InChI is InChI=1S/C17H25NO3/c1-2-12-5-7-17(20,8-6-12)11-18-15-10-21-16-9-13(19)3-4-14(15)16/h3-4,9,12,15,18-20H,2,5-8,10-11H2,1H3. The summed E-state index contributed by atoms with van der Waals surface area (Å²) in [5, 5.41) is 23.6. The molecule has 4 nitrogen and oxygen atoms in total. The number of hydrogen-bond donors (Lipinski definition) is 3. The first-order valence-corrected chi connectivity index (χ1v) is 8.01. The van der Waals surface area contributed by atoms with Crippen molar-refractivity contribution in [2.45, 2.75) is 50.7 Å². The summed E-state index contributed by atoms with van der Waals surface area (Å²) in [6.07, 6.45) is 5.24. The first kappa shape index (κ1) is 14.7. The van der Waals surface area contributed by atoms with Gasteiger partial charge in [0.05, 0.1) is 11.6 Å². The smallest absolute Gasteiger partial charge is 0.127 e. The van der Waals surface area contributed by atoms with Gasteiger partial charge in [0, 0.05) is 18.2 Å². The average molecular weight is 291 g/mol. The Kier molecular flexibility index (Phi) is 4.09. The molecule has 21 heavy (non-hydrogen) atoms. The Morgan fingerprint density at radius 3 is 2.81 bits per heavy atom. The molecule has 1 saturated carbocycles. The van der Waals surface area contributed by atoms with Crippen LogP contribution in [0.5, 0.6) is 11.5 Å². The van der Waals surface area contributed by atoms with Crippen LogP contribution in [0.1, 0.15) is 50.6 Å². The highest BCUT2D eigenvalue weighted by Crippen LogP contribution is 2.37. The minimum absolute atomic E-state index is 0.105. The van der Waals surface area contributed by atoms with E-state index in [0.717, 1.165) is 42.9 Å². The van der Waals surface area contributed by atoms with Gasteiger partial charge in [0.2, 0.25) is 0 Å². The Morgan fingerprint density at radius 1 is 1.33 bits per heavy atom. The number of phenols is 1. The van der Waals surface area contributed by atoms with E-state index in [1.54, 1.807) is 12.1 Å². The largest absolute Gasteiger partial charge is 0.508 e. The van der Waals surface area contributed by atoms with E-state index in [1.807, 2.05) is 6.07 Å². The van der Waals surface area contributed by atoms with Crippen LogP contribution in [0.25, 0.3) is 0 Å². The van der Waals surface area contributed by atoms with E-state index in [0.29, 0.717) is 13.2 Å². The second kappa shape index (κ2) is 5.85. The van der Waals surface area contributed by atoms with Gasteiger partial charge in [0.15, 0.2) is 0 Å². The molecule has 3 N–H and O–H groups in total. The van der Waals surface area contributed by atoms with E-state index < -0.39 is 5.60 Å². The first-order valence-electron chi connectivity index (χ1n) is 8.01. The third-order valence-corrected chi connectivity index (χ3v) is 5.07. The molecule has 1 aliphatic carbocycles. The molecule has 1 unspecified atom stereocenters. The minimum atomic E-state index is -0.578. The maximum absolute atomic E-state index is 10.7. The van der Waals surface area contributed by atoms with Crippen LogP contribution in [-0.4, -0.2) is 29.0 Å². The zero-order valence-electron chi connectivity index (χ0n) is 12.6. The Hall–Kier alpha value is -1.26. The number of aliphatic hydroxyl groups is 1. The van der Waals surface area contributed by atoms with Crippen molar-refractivity contribution in [1.82, 2.24) is 5.32 Å². The Bertz CT molecular complexity index is 495. The Morgan fingerprint density at radius 2 is 2.10 bits per heavy atom. The predicted octanol–water partition coefficient (Wildman–Crippen LogP) is 2.75. The van der Waals surface area contributed by atoms with Crippen molar-refractivity contribution >= 4 is 0 Å². The minimum Gasteiger partial charge on any atom is -0.508 e. The molecular weight excluding hydrogens is 266 g/mol. The summed E-state index contributed by atoms with van der Waals surface area (Å²) in [6.45, 7) is 3.40. The molecule has 0 saturated heterocycles. The fourth-order valence-corrected chi connectivity index (χ4v) is 3.48. The maximum atomic E-state index is 10.7. The average Bonchev–Trinajstić information content (AvgIpc) is 2.88. The van der Waals surface area contributed by atoms with Crippen LogP contribution in [0.15, 0.2) is 18.2 Å². The molecule has 4 heteroatoms. The van der Waals surface area contributed by atoms with Crippen molar-refractivity contribution in [2.24, 2.45) is 5.92 Å². The van der Waals surface area contributed by atoms with Gasteiger partial charge in [-0.25, -0.2) is 0 Å². The molecule has 3 rings (SSSR count). The number of rotatable bonds is 4. The fraction of sp³-hybridized carbons (Fsp3) is 0.647. The Balaban J connectivity index is 1.57. The van der Waals surface area contributed by atoms with Crippen LogP contribution < -0.4 is 10.1 Å². The molecule has 2 aliphatic rings. The maximum Gasteiger partial charge on any atom is 0.127 e. The number of ether oxygens (including phenoxy) is 1. The highest BCUT2D eigenvalue weighted by Gasteiger charge is 2.34. The van der Waals surface area contributed by atoms with Gasteiger partial charge >= 0.3 is 0 Å².